The standard InChI is InChI=1S/C13H22N4/c1-9-7-10(2)11(3)17(8-9)12-5-6-15-13(14-4)16-12/h5-6,9-11H,7-8H2,1-4H3,(H,14,15,16). The Morgan fingerprint density at radius 3 is 2.82 bits per heavy atom. The lowest BCUT2D eigenvalue weighted by Gasteiger charge is -2.41. The Balaban J connectivity index is 2.24. The van der Waals surface area contributed by atoms with E-state index in [1.165, 1.54) is 6.42 Å². The Bertz CT molecular complexity index is 379. The molecule has 1 aliphatic heterocycles. The van der Waals surface area contributed by atoms with Crippen LogP contribution in [0.1, 0.15) is 27.2 Å². The van der Waals surface area contributed by atoms with Crippen LogP contribution in [0, 0.1) is 11.8 Å². The Labute approximate surface area is 103 Å². The van der Waals surface area contributed by atoms with E-state index in [4.69, 9.17) is 0 Å². The van der Waals surface area contributed by atoms with Gasteiger partial charge in [-0.15, -0.1) is 0 Å². The molecule has 0 radical (unpaired) electrons. The van der Waals surface area contributed by atoms with E-state index >= 15 is 0 Å². The van der Waals surface area contributed by atoms with Gasteiger partial charge in [0.2, 0.25) is 5.95 Å². The fraction of sp³-hybridized carbons (Fsp3) is 0.692. The lowest BCUT2D eigenvalue weighted by molar-refractivity contribution is 0.295. The van der Waals surface area contributed by atoms with E-state index in [0.717, 1.165) is 18.3 Å². The SMILES string of the molecule is CNc1nccc(N2CC(C)CC(C)C2C)n1. The number of anilines is 2. The molecule has 0 bridgehead atoms. The molecule has 0 saturated carbocycles. The van der Waals surface area contributed by atoms with Crippen molar-refractivity contribution >= 4 is 11.8 Å². The second-order valence-electron chi connectivity index (χ2n) is 5.20. The maximum Gasteiger partial charge on any atom is 0.224 e. The smallest absolute Gasteiger partial charge is 0.224 e. The molecule has 1 aliphatic rings. The molecule has 0 amide bonds. The van der Waals surface area contributed by atoms with Crippen LogP contribution in [0.4, 0.5) is 11.8 Å². The van der Waals surface area contributed by atoms with Crippen molar-refractivity contribution < 1.29 is 0 Å². The van der Waals surface area contributed by atoms with Crippen molar-refractivity contribution in [1.82, 2.24) is 9.97 Å². The van der Waals surface area contributed by atoms with Crippen LogP contribution in [-0.4, -0.2) is 29.6 Å². The molecule has 0 aliphatic carbocycles. The van der Waals surface area contributed by atoms with E-state index in [2.05, 4.69) is 41.0 Å². The fourth-order valence-electron chi connectivity index (χ4n) is 2.65. The first-order valence-electron chi connectivity index (χ1n) is 6.39. The largest absolute Gasteiger partial charge is 0.357 e. The van der Waals surface area contributed by atoms with Crippen molar-refractivity contribution in [3.63, 3.8) is 0 Å². The summed E-state index contributed by atoms with van der Waals surface area (Å²) in [5.41, 5.74) is 0. The first-order chi connectivity index (χ1) is 8.11. The van der Waals surface area contributed by atoms with Crippen molar-refractivity contribution in [3.05, 3.63) is 12.3 Å². The summed E-state index contributed by atoms with van der Waals surface area (Å²) in [6.07, 6.45) is 3.13. The van der Waals surface area contributed by atoms with Crippen molar-refractivity contribution in [2.45, 2.75) is 33.2 Å². The van der Waals surface area contributed by atoms with E-state index in [-0.39, 0.29) is 0 Å². The summed E-state index contributed by atoms with van der Waals surface area (Å²) in [6.45, 7) is 8.02. The molecule has 2 rings (SSSR count). The van der Waals surface area contributed by atoms with Crippen molar-refractivity contribution in [1.29, 1.82) is 0 Å². The van der Waals surface area contributed by atoms with E-state index < -0.39 is 0 Å². The highest BCUT2D eigenvalue weighted by Crippen LogP contribution is 2.30. The number of hydrogen-bond acceptors (Lipinski definition) is 4. The van der Waals surface area contributed by atoms with E-state index in [0.29, 0.717) is 17.9 Å². The first-order valence-corrected chi connectivity index (χ1v) is 6.39. The van der Waals surface area contributed by atoms with Crippen LogP contribution in [0.2, 0.25) is 0 Å². The average Bonchev–Trinajstić information content (AvgIpc) is 2.34. The molecule has 17 heavy (non-hydrogen) atoms. The third-order valence-corrected chi connectivity index (χ3v) is 3.76. The summed E-state index contributed by atoms with van der Waals surface area (Å²) in [5, 5.41) is 2.99. The number of hydrogen-bond donors (Lipinski definition) is 1. The first kappa shape index (κ1) is 12.1. The van der Waals surface area contributed by atoms with Crippen LogP contribution in [0.3, 0.4) is 0 Å². The molecule has 0 aromatic carbocycles. The van der Waals surface area contributed by atoms with Crippen LogP contribution in [0.25, 0.3) is 0 Å². The van der Waals surface area contributed by atoms with Gasteiger partial charge in [0, 0.05) is 25.8 Å². The van der Waals surface area contributed by atoms with Gasteiger partial charge in [-0.3, -0.25) is 0 Å². The van der Waals surface area contributed by atoms with E-state index in [1.54, 1.807) is 0 Å². The number of piperidine rings is 1. The summed E-state index contributed by atoms with van der Waals surface area (Å²) >= 11 is 0. The maximum atomic E-state index is 4.54. The number of aromatic nitrogens is 2. The Hall–Kier alpha value is -1.32. The average molecular weight is 234 g/mol. The monoisotopic (exact) mass is 234 g/mol. The van der Waals surface area contributed by atoms with Gasteiger partial charge in [0.1, 0.15) is 5.82 Å². The number of nitrogens with zero attached hydrogens (tertiary/aromatic N) is 3. The number of rotatable bonds is 2. The molecular weight excluding hydrogens is 212 g/mol. The minimum atomic E-state index is 0.547. The summed E-state index contributed by atoms with van der Waals surface area (Å²) in [7, 11) is 1.85. The van der Waals surface area contributed by atoms with Crippen LogP contribution >= 0.6 is 0 Å². The molecule has 0 spiro atoms. The lowest BCUT2D eigenvalue weighted by Crippen LogP contribution is -2.46. The highest BCUT2D eigenvalue weighted by atomic mass is 15.2. The molecule has 1 saturated heterocycles. The minimum Gasteiger partial charge on any atom is -0.357 e. The Kier molecular flexibility index (Phi) is 3.50. The zero-order chi connectivity index (χ0) is 12.4. The van der Waals surface area contributed by atoms with Gasteiger partial charge in [0.05, 0.1) is 0 Å². The van der Waals surface area contributed by atoms with Gasteiger partial charge in [-0.2, -0.15) is 4.98 Å². The second kappa shape index (κ2) is 4.90. The van der Waals surface area contributed by atoms with E-state index in [9.17, 15) is 0 Å². The van der Waals surface area contributed by atoms with Gasteiger partial charge < -0.3 is 10.2 Å². The zero-order valence-electron chi connectivity index (χ0n) is 11.1. The molecule has 1 aromatic heterocycles. The van der Waals surface area contributed by atoms with Crippen molar-refractivity contribution in [2.75, 3.05) is 23.8 Å². The van der Waals surface area contributed by atoms with Crippen LogP contribution in [0.15, 0.2) is 12.3 Å². The summed E-state index contributed by atoms with van der Waals surface area (Å²) in [5.74, 6) is 3.18. The van der Waals surface area contributed by atoms with Gasteiger partial charge in [-0.05, 0) is 31.2 Å². The van der Waals surface area contributed by atoms with Gasteiger partial charge in [-0.25, -0.2) is 4.98 Å². The predicted octanol–water partition coefficient (Wildman–Crippen LogP) is 2.39. The topological polar surface area (TPSA) is 41.1 Å². The molecule has 1 aromatic rings. The molecule has 2 heterocycles. The van der Waals surface area contributed by atoms with Gasteiger partial charge in [-0.1, -0.05) is 13.8 Å². The normalized spacial score (nSPS) is 29.2. The molecule has 4 nitrogen and oxygen atoms in total. The summed E-state index contributed by atoms with van der Waals surface area (Å²) < 4.78 is 0. The summed E-state index contributed by atoms with van der Waals surface area (Å²) in [4.78, 5) is 11.1. The molecule has 3 unspecified atom stereocenters. The lowest BCUT2D eigenvalue weighted by atomic mass is 9.86. The summed E-state index contributed by atoms with van der Waals surface area (Å²) in [6, 6.07) is 2.55. The molecule has 4 heteroatoms. The molecular formula is C13H22N4. The zero-order valence-corrected chi connectivity index (χ0v) is 11.1. The molecule has 1 N–H and O–H groups in total. The van der Waals surface area contributed by atoms with Crippen LogP contribution in [-0.2, 0) is 0 Å². The molecule has 3 atom stereocenters. The Morgan fingerprint density at radius 1 is 1.35 bits per heavy atom. The predicted molar refractivity (Wildman–Crippen MR) is 71.3 cm³/mol. The second-order valence-corrected chi connectivity index (χ2v) is 5.20. The molecule has 1 fully saturated rings. The van der Waals surface area contributed by atoms with Crippen molar-refractivity contribution in [3.8, 4) is 0 Å². The fourth-order valence-corrected chi connectivity index (χ4v) is 2.65. The highest BCUT2D eigenvalue weighted by Gasteiger charge is 2.29. The van der Waals surface area contributed by atoms with E-state index in [1.807, 2.05) is 19.3 Å². The molecule has 94 valence electrons. The van der Waals surface area contributed by atoms with Crippen LogP contribution in [0.5, 0.6) is 0 Å². The van der Waals surface area contributed by atoms with Gasteiger partial charge in [0.25, 0.3) is 0 Å². The Morgan fingerprint density at radius 2 is 2.12 bits per heavy atom. The van der Waals surface area contributed by atoms with Crippen LogP contribution < -0.4 is 10.2 Å². The minimum absolute atomic E-state index is 0.547. The quantitative estimate of drug-likeness (QED) is 0.853. The maximum absolute atomic E-state index is 4.54. The van der Waals surface area contributed by atoms with Crippen molar-refractivity contribution in [2.24, 2.45) is 11.8 Å². The highest BCUT2D eigenvalue weighted by molar-refractivity contribution is 5.43. The van der Waals surface area contributed by atoms with Gasteiger partial charge in [0.15, 0.2) is 0 Å². The van der Waals surface area contributed by atoms with Gasteiger partial charge >= 0.3 is 0 Å². The third kappa shape index (κ3) is 2.51. The third-order valence-electron chi connectivity index (χ3n) is 3.76. The number of nitrogens with one attached hydrogen (secondary N) is 1.